The minimum atomic E-state index is -0.0418. The average Bonchev–Trinajstić information content (AvgIpc) is 3.41. The Kier molecular flexibility index (Phi) is 6.95. The Morgan fingerprint density at radius 2 is 1.94 bits per heavy atom. The van der Waals surface area contributed by atoms with E-state index in [1.807, 2.05) is 12.1 Å². The maximum Gasteiger partial charge on any atom is 0.211 e. The molecule has 8 heteroatoms. The van der Waals surface area contributed by atoms with Crippen LogP contribution in [-0.2, 0) is 20.1 Å². The van der Waals surface area contributed by atoms with Gasteiger partial charge in [-0.2, -0.15) is 4.80 Å². The molecule has 190 valence electrons. The van der Waals surface area contributed by atoms with E-state index in [1.54, 1.807) is 7.05 Å². The molecule has 1 atom stereocenters. The van der Waals surface area contributed by atoms with Gasteiger partial charge >= 0.3 is 0 Å². The minimum Gasteiger partial charge on any atom is -0.390 e. The second-order valence-corrected chi connectivity index (χ2v) is 10.7. The Bertz CT molecular complexity index is 1410. The second-order valence-electron chi connectivity index (χ2n) is 10.3. The molecule has 2 heterocycles. The number of imidazole rings is 1. The molecule has 0 fully saturated rings. The number of benzene rings is 2. The summed E-state index contributed by atoms with van der Waals surface area (Å²) >= 11 is 6.56. The predicted octanol–water partition coefficient (Wildman–Crippen LogP) is 6.09. The topological polar surface area (TPSA) is 81.7 Å². The SMILES string of the molecule is [2H]OCc1c(Cl)nc(CC(C)(C)CC)n1C(C)c1ccc(-c2c(C)cccc2-c2nnn(C)n2)cc1C. The first-order chi connectivity index (χ1) is 17.6. The summed E-state index contributed by atoms with van der Waals surface area (Å²) in [5.41, 5.74) is 7.39. The Balaban J connectivity index is 1.79. The van der Waals surface area contributed by atoms with Crippen LogP contribution in [0.2, 0.25) is 5.15 Å². The molecule has 0 amide bonds. The van der Waals surface area contributed by atoms with E-state index in [4.69, 9.17) is 23.1 Å². The van der Waals surface area contributed by atoms with Crippen LogP contribution in [0.4, 0.5) is 0 Å². The van der Waals surface area contributed by atoms with Gasteiger partial charge in [-0.25, -0.2) is 4.98 Å². The molecule has 36 heavy (non-hydrogen) atoms. The molecule has 0 saturated heterocycles. The predicted molar refractivity (Wildman–Crippen MR) is 144 cm³/mol. The van der Waals surface area contributed by atoms with Crippen molar-refractivity contribution in [3.8, 4) is 22.5 Å². The van der Waals surface area contributed by atoms with Crippen LogP contribution < -0.4 is 0 Å². The maximum atomic E-state index is 7.37. The van der Waals surface area contributed by atoms with Crippen molar-refractivity contribution in [3.05, 3.63) is 69.8 Å². The van der Waals surface area contributed by atoms with Gasteiger partial charge in [0.2, 0.25) is 7.26 Å². The molecule has 0 aliphatic carbocycles. The number of aliphatic hydroxyl groups excluding tert-OH is 1. The number of aliphatic hydroxyl groups is 1. The van der Waals surface area contributed by atoms with Crippen LogP contribution in [0.25, 0.3) is 22.5 Å². The summed E-state index contributed by atoms with van der Waals surface area (Å²) in [6.07, 6.45) is 1.80. The summed E-state index contributed by atoms with van der Waals surface area (Å²) in [7, 11) is 1.77. The van der Waals surface area contributed by atoms with Gasteiger partial charge in [0.05, 0.1) is 25.4 Å². The first-order valence-corrected chi connectivity index (χ1v) is 12.7. The van der Waals surface area contributed by atoms with E-state index >= 15 is 0 Å². The largest absolute Gasteiger partial charge is 0.390 e. The summed E-state index contributed by atoms with van der Waals surface area (Å²) in [6.45, 7) is 13.1. The third-order valence-corrected chi connectivity index (χ3v) is 7.49. The fraction of sp³-hybridized carbons (Fsp3) is 0.429. The van der Waals surface area contributed by atoms with E-state index in [2.05, 4.69) is 85.8 Å². The van der Waals surface area contributed by atoms with Crippen LogP contribution in [-0.4, -0.2) is 36.3 Å². The van der Waals surface area contributed by atoms with Crippen LogP contribution in [0.1, 0.15) is 68.4 Å². The molecule has 1 unspecified atom stereocenters. The van der Waals surface area contributed by atoms with Gasteiger partial charge < -0.3 is 9.68 Å². The number of hydrogen-bond acceptors (Lipinski definition) is 5. The zero-order chi connectivity index (χ0) is 26.9. The van der Waals surface area contributed by atoms with Crippen LogP contribution >= 0.6 is 11.6 Å². The van der Waals surface area contributed by atoms with Crippen molar-refractivity contribution in [1.82, 2.24) is 29.8 Å². The maximum absolute atomic E-state index is 7.37. The lowest BCUT2D eigenvalue weighted by Gasteiger charge is -2.26. The van der Waals surface area contributed by atoms with Crippen LogP contribution in [0, 0.1) is 19.3 Å². The summed E-state index contributed by atoms with van der Waals surface area (Å²) in [5.74, 6) is 1.52. The summed E-state index contributed by atoms with van der Waals surface area (Å²) < 4.78 is 9.52. The number of rotatable bonds is 9. The molecule has 0 radical (unpaired) electrons. The fourth-order valence-corrected chi connectivity index (χ4v) is 5.06. The molecular formula is C28H35ClN6O. The van der Waals surface area contributed by atoms with Gasteiger partial charge in [-0.3, -0.25) is 0 Å². The smallest absolute Gasteiger partial charge is 0.211 e. The first kappa shape index (κ1) is 24.7. The van der Waals surface area contributed by atoms with E-state index in [9.17, 15) is 0 Å². The molecule has 2 aromatic heterocycles. The first-order valence-electron chi connectivity index (χ1n) is 12.8. The van der Waals surface area contributed by atoms with E-state index in [1.165, 1.54) is 4.80 Å². The van der Waals surface area contributed by atoms with Gasteiger partial charge in [0.1, 0.15) is 5.82 Å². The Morgan fingerprint density at radius 1 is 1.17 bits per heavy atom. The third-order valence-electron chi connectivity index (χ3n) is 7.18. The molecule has 4 rings (SSSR count). The molecular weight excluding hydrogens is 472 g/mol. The fourth-order valence-electron chi connectivity index (χ4n) is 4.82. The number of nitrogens with zero attached hydrogens (tertiary/aromatic N) is 6. The Morgan fingerprint density at radius 3 is 2.58 bits per heavy atom. The van der Waals surface area contributed by atoms with Crippen molar-refractivity contribution in [1.29, 1.82) is 1.43 Å². The van der Waals surface area contributed by atoms with Crippen LogP contribution in [0.3, 0.4) is 0 Å². The number of halogens is 1. The minimum absolute atomic E-state index is 0.0418. The number of aromatic nitrogens is 6. The average molecular weight is 508 g/mol. The van der Waals surface area contributed by atoms with Gasteiger partial charge in [0.25, 0.3) is 0 Å². The molecule has 0 saturated carbocycles. The molecule has 1 N–H and O–H groups in total. The Labute approximate surface area is 219 Å². The molecule has 0 spiro atoms. The zero-order valence-electron chi connectivity index (χ0n) is 23.1. The highest BCUT2D eigenvalue weighted by molar-refractivity contribution is 6.30. The van der Waals surface area contributed by atoms with Gasteiger partial charge in [-0.15, -0.1) is 10.2 Å². The normalized spacial score (nSPS) is 13.2. The molecule has 0 bridgehead atoms. The van der Waals surface area contributed by atoms with E-state index in [0.29, 0.717) is 11.0 Å². The van der Waals surface area contributed by atoms with Gasteiger partial charge in [-0.05, 0) is 59.2 Å². The van der Waals surface area contributed by atoms with E-state index < -0.39 is 0 Å². The van der Waals surface area contributed by atoms with Crippen LogP contribution in [0.15, 0.2) is 36.4 Å². The van der Waals surface area contributed by atoms with Crippen LogP contribution in [0.5, 0.6) is 0 Å². The van der Waals surface area contributed by atoms with Crippen molar-refractivity contribution in [2.75, 3.05) is 0 Å². The molecule has 0 aliphatic rings. The van der Waals surface area contributed by atoms with Crippen molar-refractivity contribution < 1.29 is 5.11 Å². The lowest BCUT2D eigenvalue weighted by Crippen LogP contribution is -2.21. The van der Waals surface area contributed by atoms with E-state index in [0.717, 1.165) is 57.7 Å². The number of hydrogen-bond donors (Lipinski definition) is 1. The second kappa shape index (κ2) is 10.1. The lowest BCUT2D eigenvalue weighted by molar-refractivity contribution is 0.266. The highest BCUT2D eigenvalue weighted by Crippen LogP contribution is 2.37. The molecule has 2 aromatic carbocycles. The van der Waals surface area contributed by atoms with Crippen molar-refractivity contribution in [2.45, 2.75) is 67.0 Å². The number of tetrazole rings is 1. The van der Waals surface area contributed by atoms with E-state index in [-0.39, 0.29) is 18.1 Å². The zero-order valence-corrected chi connectivity index (χ0v) is 22.9. The molecule has 7 nitrogen and oxygen atoms in total. The summed E-state index contributed by atoms with van der Waals surface area (Å²) in [5, 5.41) is 17.9. The van der Waals surface area contributed by atoms with Crippen molar-refractivity contribution >= 4 is 11.6 Å². The third kappa shape index (κ3) is 4.95. The highest BCUT2D eigenvalue weighted by atomic mass is 35.5. The summed E-state index contributed by atoms with van der Waals surface area (Å²) in [4.78, 5) is 6.18. The Hall–Kier alpha value is -3.03. The van der Waals surface area contributed by atoms with Crippen molar-refractivity contribution in [2.24, 2.45) is 12.5 Å². The quantitative estimate of drug-likeness (QED) is 0.296. The van der Waals surface area contributed by atoms with Gasteiger partial charge in [-0.1, -0.05) is 75.2 Å². The van der Waals surface area contributed by atoms with Gasteiger partial charge in [0.15, 0.2) is 5.15 Å². The standard InChI is InChI=1S/C28H35ClN6O/c1-8-28(5,6)15-24-30-26(29)23(16-36)35(24)19(4)21-13-12-20(14-18(21)3)25-17(2)10-9-11-22(25)27-31-33-34(7)32-27/h9-14,19,36H,8,15-16H2,1-7H3/i36D. The summed E-state index contributed by atoms with van der Waals surface area (Å²) in [6, 6.07) is 12.6. The molecule has 4 aromatic rings. The number of aryl methyl sites for hydroxylation is 3. The molecule has 0 aliphatic heterocycles. The highest BCUT2D eigenvalue weighted by Gasteiger charge is 2.26. The lowest BCUT2D eigenvalue weighted by atomic mass is 9.86. The van der Waals surface area contributed by atoms with Gasteiger partial charge in [0, 0.05) is 12.0 Å². The monoisotopic (exact) mass is 507 g/mol. The van der Waals surface area contributed by atoms with Crippen molar-refractivity contribution in [3.63, 3.8) is 0 Å².